The zero-order chi connectivity index (χ0) is 18.7. The van der Waals surface area contributed by atoms with E-state index < -0.39 is 0 Å². The molecule has 4 heterocycles. The monoisotopic (exact) mass is 379 g/mol. The summed E-state index contributed by atoms with van der Waals surface area (Å²) in [5, 5.41) is 16.1. The number of thioether (sulfide) groups is 1. The second kappa shape index (κ2) is 7.92. The number of pyridine rings is 1. The first kappa shape index (κ1) is 18.5. The van der Waals surface area contributed by atoms with Gasteiger partial charge in [-0.05, 0) is 32.5 Å². The Kier molecular flexibility index (Phi) is 5.62. The summed E-state index contributed by atoms with van der Waals surface area (Å²) in [6.45, 7) is 1.70. The zero-order valence-electron chi connectivity index (χ0n) is 14.3. The molecule has 4 N–H and O–H groups in total. The van der Waals surface area contributed by atoms with Gasteiger partial charge in [0, 0.05) is 24.3 Å². The Morgan fingerprint density at radius 1 is 1.54 bits per heavy atom. The number of likely N-dealkylation sites (N-methyl/N-ethyl adjacent to an activating group) is 1. The highest BCUT2D eigenvalue weighted by atomic mass is 32.2. The second-order valence-corrected chi connectivity index (χ2v) is 7.54. The minimum absolute atomic E-state index is 0.0218. The van der Waals surface area contributed by atoms with Crippen molar-refractivity contribution in [2.45, 2.75) is 35.2 Å². The maximum atomic E-state index is 12.8. The normalized spacial score (nSPS) is 26.5. The molecule has 4 rings (SSSR count). The molecule has 26 heavy (non-hydrogen) atoms. The van der Waals surface area contributed by atoms with E-state index >= 15 is 0 Å². The summed E-state index contributed by atoms with van der Waals surface area (Å²) >= 11 is 1.43. The number of aromatic nitrogens is 1. The van der Waals surface area contributed by atoms with E-state index in [9.17, 15) is 9.59 Å². The lowest BCUT2D eigenvalue weighted by Gasteiger charge is -2.32. The van der Waals surface area contributed by atoms with E-state index in [0.29, 0.717) is 0 Å². The van der Waals surface area contributed by atoms with Crippen LogP contribution < -0.4 is 16.0 Å². The van der Waals surface area contributed by atoms with Gasteiger partial charge in [0.15, 0.2) is 0 Å². The molecule has 3 aliphatic heterocycles. The van der Waals surface area contributed by atoms with Crippen LogP contribution in [-0.4, -0.2) is 64.8 Å². The number of piperidine rings is 1. The van der Waals surface area contributed by atoms with Crippen LogP contribution in [0.25, 0.3) is 0 Å². The molecule has 1 aromatic heterocycles. The summed E-state index contributed by atoms with van der Waals surface area (Å²) < 4.78 is 0. The smallest absolute Gasteiger partial charge is 0.319 e. The number of carbonyl (C=O) groups excluding carboxylic acids is 2. The van der Waals surface area contributed by atoms with Gasteiger partial charge in [-0.25, -0.2) is 9.78 Å². The second-order valence-electron chi connectivity index (χ2n) is 6.41. The highest BCUT2D eigenvalue weighted by molar-refractivity contribution is 8.01. The van der Waals surface area contributed by atoms with Crippen molar-refractivity contribution >= 4 is 35.9 Å². The number of carboxylic acid groups (broad SMARTS) is 1. The van der Waals surface area contributed by atoms with Gasteiger partial charge in [-0.3, -0.25) is 9.59 Å². The molecule has 1 saturated heterocycles. The number of carbonyl (C=O) groups is 3. The molecule has 1 fully saturated rings. The van der Waals surface area contributed by atoms with Crippen molar-refractivity contribution < 1.29 is 19.5 Å². The Balaban J connectivity index is 0.000000613. The van der Waals surface area contributed by atoms with Crippen LogP contribution in [0.5, 0.6) is 0 Å². The first-order valence-electron chi connectivity index (χ1n) is 8.33. The Bertz CT molecular complexity index is 716. The molecule has 3 atom stereocenters. The van der Waals surface area contributed by atoms with Crippen molar-refractivity contribution in [3.8, 4) is 0 Å². The van der Waals surface area contributed by atoms with Crippen LogP contribution in [0.3, 0.4) is 0 Å². The number of amides is 3. The summed E-state index contributed by atoms with van der Waals surface area (Å²) in [5.41, 5.74) is 1.68. The summed E-state index contributed by atoms with van der Waals surface area (Å²) in [7, 11) is 2.07. The van der Waals surface area contributed by atoms with E-state index in [-0.39, 0.29) is 35.7 Å². The van der Waals surface area contributed by atoms with Crippen LogP contribution in [-0.2, 0) is 9.59 Å². The molecule has 2 unspecified atom stereocenters. The van der Waals surface area contributed by atoms with E-state index in [1.807, 2.05) is 0 Å². The third-order valence-corrected chi connectivity index (χ3v) is 5.86. The van der Waals surface area contributed by atoms with Gasteiger partial charge in [0.25, 0.3) is 6.47 Å². The SMILES string of the molecule is CN1CCCC(NC(=O)[C@@H]2Sc3nccc4c3C2NC(=O)N4)C1.O=CO. The van der Waals surface area contributed by atoms with Crippen molar-refractivity contribution in [2.75, 3.05) is 25.5 Å². The van der Waals surface area contributed by atoms with Gasteiger partial charge >= 0.3 is 6.03 Å². The molecule has 0 bridgehead atoms. The molecular formula is C16H21N5O4S. The van der Waals surface area contributed by atoms with E-state index in [1.165, 1.54) is 11.8 Å². The van der Waals surface area contributed by atoms with Gasteiger partial charge in [-0.1, -0.05) is 11.8 Å². The first-order chi connectivity index (χ1) is 12.5. The molecule has 3 amide bonds. The van der Waals surface area contributed by atoms with Gasteiger partial charge < -0.3 is 26.0 Å². The highest BCUT2D eigenvalue weighted by Gasteiger charge is 2.44. The van der Waals surface area contributed by atoms with Crippen molar-refractivity contribution in [3.05, 3.63) is 17.8 Å². The zero-order valence-corrected chi connectivity index (χ0v) is 15.1. The molecule has 0 radical (unpaired) electrons. The Labute approximate surface area is 154 Å². The number of hydrogen-bond acceptors (Lipinski definition) is 6. The summed E-state index contributed by atoms with van der Waals surface area (Å²) in [5.74, 6) is -0.0218. The lowest BCUT2D eigenvalue weighted by atomic mass is 10.0. The predicted molar refractivity (Wildman–Crippen MR) is 96.1 cm³/mol. The van der Waals surface area contributed by atoms with Gasteiger partial charge in [0.2, 0.25) is 5.91 Å². The standard InChI is InChI=1S/C15H19N5O2S.CH2O2/c1-20-6-2-3-8(7-20)17-13(21)12-11-10-9(18-15(22)19-11)4-5-16-14(10)23-12;2-1-3/h4-5,8,11-12H,2-3,6-7H2,1H3,(H,17,21)(H2,18,19,22);1H,(H,2,3)/t8?,11?,12-;/m1./s1. The van der Waals surface area contributed by atoms with E-state index in [4.69, 9.17) is 9.90 Å². The van der Waals surface area contributed by atoms with Crippen LogP contribution in [0.2, 0.25) is 0 Å². The number of nitrogens with zero attached hydrogens (tertiary/aromatic N) is 2. The van der Waals surface area contributed by atoms with Crippen LogP contribution in [0.4, 0.5) is 10.5 Å². The molecule has 0 spiro atoms. The lowest BCUT2D eigenvalue weighted by molar-refractivity contribution is -0.123. The quantitative estimate of drug-likeness (QED) is 0.556. The average Bonchev–Trinajstić information content (AvgIpc) is 2.96. The average molecular weight is 379 g/mol. The third kappa shape index (κ3) is 3.75. The van der Waals surface area contributed by atoms with Crippen molar-refractivity contribution in [1.82, 2.24) is 20.5 Å². The molecule has 3 aliphatic rings. The minimum Gasteiger partial charge on any atom is -0.483 e. The maximum absolute atomic E-state index is 12.8. The van der Waals surface area contributed by atoms with Crippen molar-refractivity contribution in [2.24, 2.45) is 0 Å². The van der Waals surface area contributed by atoms with Gasteiger partial charge in [-0.15, -0.1) is 0 Å². The van der Waals surface area contributed by atoms with E-state index in [0.717, 1.165) is 42.2 Å². The Morgan fingerprint density at radius 2 is 2.31 bits per heavy atom. The van der Waals surface area contributed by atoms with E-state index in [1.54, 1.807) is 12.3 Å². The van der Waals surface area contributed by atoms with Crippen molar-refractivity contribution in [1.29, 1.82) is 0 Å². The van der Waals surface area contributed by atoms with Gasteiger partial charge in [0.1, 0.15) is 10.3 Å². The third-order valence-electron chi connectivity index (χ3n) is 4.57. The van der Waals surface area contributed by atoms with Crippen LogP contribution in [0, 0.1) is 0 Å². The summed E-state index contributed by atoms with van der Waals surface area (Å²) in [4.78, 5) is 39.5. The molecule has 0 saturated carbocycles. The number of rotatable bonds is 2. The highest BCUT2D eigenvalue weighted by Crippen LogP contribution is 2.47. The van der Waals surface area contributed by atoms with Crippen molar-refractivity contribution in [3.63, 3.8) is 0 Å². The molecule has 9 nitrogen and oxygen atoms in total. The fraction of sp³-hybridized carbons (Fsp3) is 0.500. The van der Waals surface area contributed by atoms with Crippen LogP contribution >= 0.6 is 11.8 Å². The number of likely N-dealkylation sites (tertiary alicyclic amines) is 1. The summed E-state index contributed by atoms with van der Waals surface area (Å²) in [6, 6.07) is 1.38. The maximum Gasteiger partial charge on any atom is 0.319 e. The topological polar surface area (TPSA) is 124 Å². The minimum atomic E-state index is -0.364. The summed E-state index contributed by atoms with van der Waals surface area (Å²) in [6.07, 6.45) is 3.76. The fourth-order valence-electron chi connectivity index (χ4n) is 3.52. The first-order valence-corrected chi connectivity index (χ1v) is 9.21. The van der Waals surface area contributed by atoms with E-state index in [2.05, 4.69) is 32.9 Å². The molecule has 1 aromatic rings. The molecule has 0 aliphatic carbocycles. The lowest BCUT2D eigenvalue weighted by Crippen LogP contribution is -2.51. The number of nitrogens with one attached hydrogen (secondary N) is 3. The predicted octanol–water partition coefficient (Wildman–Crippen LogP) is 0.643. The number of anilines is 1. The molecule has 0 aromatic carbocycles. The van der Waals surface area contributed by atoms with Crippen LogP contribution in [0.1, 0.15) is 24.4 Å². The number of urea groups is 1. The van der Waals surface area contributed by atoms with Gasteiger partial charge in [0.05, 0.1) is 11.7 Å². The Morgan fingerprint density at radius 3 is 3.04 bits per heavy atom. The largest absolute Gasteiger partial charge is 0.483 e. The molecular weight excluding hydrogens is 358 g/mol. The fourth-order valence-corrected chi connectivity index (χ4v) is 4.76. The number of hydrogen-bond donors (Lipinski definition) is 4. The van der Waals surface area contributed by atoms with Crippen LogP contribution in [0.15, 0.2) is 17.3 Å². The molecule has 140 valence electrons. The molecule has 10 heteroatoms. The Hall–Kier alpha value is -2.33. The van der Waals surface area contributed by atoms with Gasteiger partial charge in [-0.2, -0.15) is 0 Å².